The highest BCUT2D eigenvalue weighted by Crippen LogP contribution is 2.46. The van der Waals surface area contributed by atoms with Gasteiger partial charge in [-0.15, -0.1) is 0 Å². The lowest BCUT2D eigenvalue weighted by atomic mass is 9.63. The van der Waals surface area contributed by atoms with Crippen LogP contribution < -0.4 is 5.32 Å². The predicted molar refractivity (Wildman–Crippen MR) is 52.2 cm³/mol. The van der Waals surface area contributed by atoms with Gasteiger partial charge in [-0.05, 0) is 38.5 Å². The summed E-state index contributed by atoms with van der Waals surface area (Å²) in [6, 6.07) is 2.18. The van der Waals surface area contributed by atoms with Crippen LogP contribution in [0.3, 0.4) is 0 Å². The van der Waals surface area contributed by atoms with E-state index >= 15 is 0 Å². The van der Waals surface area contributed by atoms with Crippen molar-refractivity contribution in [1.82, 2.24) is 5.32 Å². The molecule has 0 radical (unpaired) electrons. The highest BCUT2D eigenvalue weighted by Gasteiger charge is 2.51. The lowest BCUT2D eigenvalue weighted by Gasteiger charge is -2.39. The number of hydrogen-bond acceptors (Lipinski definition) is 2. The van der Waals surface area contributed by atoms with E-state index in [0.717, 1.165) is 25.7 Å². The minimum atomic E-state index is -0.703. The van der Waals surface area contributed by atoms with Gasteiger partial charge in [-0.3, -0.25) is 4.79 Å². The molecule has 0 unspecified atom stereocenters. The van der Waals surface area contributed by atoms with Crippen LogP contribution >= 0.6 is 0 Å². The van der Waals surface area contributed by atoms with Crippen molar-refractivity contribution in [2.75, 3.05) is 0 Å². The van der Waals surface area contributed by atoms with E-state index in [9.17, 15) is 4.79 Å². The summed E-state index contributed by atoms with van der Waals surface area (Å²) in [5, 5.41) is 12.0. The number of hydrogen-bond donors (Lipinski definition) is 1. The molecule has 2 saturated carbocycles. The highest BCUT2D eigenvalue weighted by atomic mass is 16.2. The van der Waals surface area contributed by atoms with Crippen LogP contribution in [0, 0.1) is 22.7 Å². The van der Waals surface area contributed by atoms with Gasteiger partial charge in [0.2, 0.25) is 5.91 Å². The first-order valence-corrected chi connectivity index (χ1v) is 5.24. The standard InChI is InChI=1S/C11H16N2O/c1-8-5-11(6-8,7-12)9(14)13-10(2)3-4-10/h8H,3-6H2,1-2H3,(H,13,14). The molecule has 0 atom stereocenters. The van der Waals surface area contributed by atoms with Crippen LogP contribution in [0.15, 0.2) is 0 Å². The van der Waals surface area contributed by atoms with E-state index in [1.54, 1.807) is 0 Å². The van der Waals surface area contributed by atoms with E-state index in [2.05, 4.69) is 18.3 Å². The maximum atomic E-state index is 11.8. The molecule has 3 nitrogen and oxygen atoms in total. The fourth-order valence-corrected chi connectivity index (χ4v) is 2.16. The van der Waals surface area contributed by atoms with Gasteiger partial charge in [0, 0.05) is 5.54 Å². The first-order valence-electron chi connectivity index (χ1n) is 5.24. The van der Waals surface area contributed by atoms with Crippen molar-refractivity contribution >= 4 is 5.91 Å². The largest absolute Gasteiger partial charge is 0.350 e. The maximum Gasteiger partial charge on any atom is 0.240 e. The second kappa shape index (κ2) is 2.73. The molecule has 0 aromatic carbocycles. The molecular formula is C11H16N2O. The SMILES string of the molecule is CC1CC(C#N)(C(=O)NC2(C)CC2)C1. The topological polar surface area (TPSA) is 52.9 Å². The van der Waals surface area contributed by atoms with Crippen molar-refractivity contribution in [1.29, 1.82) is 5.26 Å². The number of amides is 1. The summed E-state index contributed by atoms with van der Waals surface area (Å²) < 4.78 is 0. The van der Waals surface area contributed by atoms with Crippen LogP contribution in [0.1, 0.15) is 39.5 Å². The normalized spacial score (nSPS) is 37.9. The molecule has 2 fully saturated rings. The van der Waals surface area contributed by atoms with Crippen molar-refractivity contribution < 1.29 is 4.79 Å². The lowest BCUT2D eigenvalue weighted by Crippen LogP contribution is -2.51. The summed E-state index contributed by atoms with van der Waals surface area (Å²) in [5.41, 5.74) is -0.704. The van der Waals surface area contributed by atoms with Gasteiger partial charge in [0.25, 0.3) is 0 Å². The molecule has 2 rings (SSSR count). The lowest BCUT2D eigenvalue weighted by molar-refractivity contribution is -0.134. The first-order chi connectivity index (χ1) is 6.50. The number of rotatable bonds is 2. The number of nitrogens with one attached hydrogen (secondary N) is 1. The van der Waals surface area contributed by atoms with Crippen LogP contribution in [0.5, 0.6) is 0 Å². The fourth-order valence-electron chi connectivity index (χ4n) is 2.16. The molecule has 0 aromatic rings. The van der Waals surface area contributed by atoms with Crippen LogP contribution in [-0.2, 0) is 4.79 Å². The van der Waals surface area contributed by atoms with Gasteiger partial charge in [-0.2, -0.15) is 5.26 Å². The van der Waals surface area contributed by atoms with Gasteiger partial charge >= 0.3 is 0 Å². The molecule has 3 heteroatoms. The minimum Gasteiger partial charge on any atom is -0.350 e. The van der Waals surface area contributed by atoms with E-state index in [1.807, 2.05) is 6.92 Å². The monoisotopic (exact) mass is 192 g/mol. The van der Waals surface area contributed by atoms with Crippen molar-refractivity contribution in [2.45, 2.75) is 45.1 Å². The van der Waals surface area contributed by atoms with Gasteiger partial charge in [-0.1, -0.05) is 6.92 Å². The van der Waals surface area contributed by atoms with Crippen molar-refractivity contribution in [3.8, 4) is 6.07 Å². The molecule has 0 saturated heterocycles. The second-order valence-electron chi connectivity index (χ2n) is 5.22. The Balaban J connectivity index is 2.00. The molecule has 0 aliphatic heterocycles. The van der Waals surface area contributed by atoms with E-state index in [4.69, 9.17) is 5.26 Å². The zero-order valence-electron chi connectivity index (χ0n) is 8.76. The Morgan fingerprint density at radius 1 is 1.50 bits per heavy atom. The Morgan fingerprint density at radius 2 is 2.07 bits per heavy atom. The molecule has 0 heterocycles. The summed E-state index contributed by atoms with van der Waals surface area (Å²) in [6.45, 7) is 4.12. The summed E-state index contributed by atoms with van der Waals surface area (Å²) >= 11 is 0. The summed E-state index contributed by atoms with van der Waals surface area (Å²) in [5.74, 6) is 0.477. The Hall–Kier alpha value is -1.04. The number of nitrogens with zero attached hydrogens (tertiary/aromatic N) is 1. The van der Waals surface area contributed by atoms with E-state index in [0.29, 0.717) is 5.92 Å². The van der Waals surface area contributed by atoms with E-state index < -0.39 is 5.41 Å². The van der Waals surface area contributed by atoms with Crippen LogP contribution in [0.4, 0.5) is 0 Å². The molecular weight excluding hydrogens is 176 g/mol. The van der Waals surface area contributed by atoms with Crippen LogP contribution in [0.25, 0.3) is 0 Å². The minimum absolute atomic E-state index is 0.000237. The van der Waals surface area contributed by atoms with E-state index in [-0.39, 0.29) is 11.4 Å². The Bertz CT molecular complexity index is 306. The molecule has 2 aliphatic rings. The smallest absolute Gasteiger partial charge is 0.240 e. The zero-order chi connectivity index (χ0) is 10.4. The third-order valence-corrected chi connectivity index (χ3v) is 3.46. The summed E-state index contributed by atoms with van der Waals surface area (Å²) in [6.07, 6.45) is 3.56. The Morgan fingerprint density at radius 3 is 2.43 bits per heavy atom. The highest BCUT2D eigenvalue weighted by molar-refractivity contribution is 5.87. The second-order valence-corrected chi connectivity index (χ2v) is 5.22. The van der Waals surface area contributed by atoms with Gasteiger partial charge in [0.05, 0.1) is 6.07 Å². The third kappa shape index (κ3) is 1.39. The summed E-state index contributed by atoms with van der Waals surface area (Å²) in [7, 11) is 0. The van der Waals surface area contributed by atoms with Gasteiger partial charge in [0.1, 0.15) is 5.41 Å². The van der Waals surface area contributed by atoms with E-state index in [1.165, 1.54) is 0 Å². The van der Waals surface area contributed by atoms with Gasteiger partial charge in [-0.25, -0.2) is 0 Å². The van der Waals surface area contributed by atoms with Crippen molar-refractivity contribution in [2.24, 2.45) is 11.3 Å². The maximum absolute atomic E-state index is 11.8. The van der Waals surface area contributed by atoms with Crippen LogP contribution in [-0.4, -0.2) is 11.4 Å². The molecule has 76 valence electrons. The third-order valence-electron chi connectivity index (χ3n) is 3.46. The van der Waals surface area contributed by atoms with Gasteiger partial charge in [0.15, 0.2) is 0 Å². The average molecular weight is 192 g/mol. The number of carbonyl (C=O) groups excluding carboxylic acids is 1. The Labute approximate surface area is 84.5 Å². The average Bonchev–Trinajstić information content (AvgIpc) is 2.77. The molecule has 0 bridgehead atoms. The zero-order valence-corrected chi connectivity index (χ0v) is 8.76. The first kappa shape index (κ1) is 9.51. The molecule has 0 aromatic heterocycles. The quantitative estimate of drug-likeness (QED) is 0.722. The fraction of sp³-hybridized carbons (Fsp3) is 0.818. The molecule has 1 N–H and O–H groups in total. The predicted octanol–water partition coefficient (Wildman–Crippen LogP) is 1.59. The molecule has 0 spiro atoms. The van der Waals surface area contributed by atoms with Crippen molar-refractivity contribution in [3.63, 3.8) is 0 Å². The van der Waals surface area contributed by atoms with Gasteiger partial charge < -0.3 is 5.32 Å². The molecule has 2 aliphatic carbocycles. The molecule has 1 amide bonds. The summed E-state index contributed by atoms with van der Waals surface area (Å²) in [4.78, 5) is 11.8. The van der Waals surface area contributed by atoms with Crippen molar-refractivity contribution in [3.05, 3.63) is 0 Å². The number of nitriles is 1. The molecule has 14 heavy (non-hydrogen) atoms. The number of carbonyl (C=O) groups is 1. The Kier molecular flexibility index (Phi) is 1.85. The van der Waals surface area contributed by atoms with Crippen LogP contribution in [0.2, 0.25) is 0 Å².